The molecule has 5 heteroatoms. The lowest BCUT2D eigenvalue weighted by Crippen LogP contribution is -2.22. The van der Waals surface area contributed by atoms with E-state index in [2.05, 4.69) is 21.2 Å². The average molecular weight is 314 g/mol. The molecule has 1 amide bonds. The van der Waals surface area contributed by atoms with Gasteiger partial charge in [0.25, 0.3) is 5.91 Å². The molecule has 0 aliphatic carbocycles. The number of carbonyl (C=O) groups is 1. The normalized spacial score (nSPS) is 10.2. The van der Waals surface area contributed by atoms with E-state index in [1.807, 2.05) is 11.4 Å². The molecule has 0 saturated heterocycles. The van der Waals surface area contributed by atoms with Crippen molar-refractivity contribution in [2.24, 2.45) is 0 Å². The van der Waals surface area contributed by atoms with Gasteiger partial charge in [-0.2, -0.15) is 0 Å². The third kappa shape index (κ3) is 3.14. The second-order valence-electron chi connectivity index (χ2n) is 3.40. The van der Waals surface area contributed by atoms with Gasteiger partial charge in [0, 0.05) is 11.0 Å². The molecule has 0 atom stereocenters. The number of benzene rings is 1. The number of nitrogens with one attached hydrogen (secondary N) is 1. The van der Waals surface area contributed by atoms with E-state index in [9.17, 15) is 9.18 Å². The minimum absolute atomic E-state index is 0.142. The molecule has 1 N–H and O–H groups in total. The Hall–Kier alpha value is -1.20. The highest BCUT2D eigenvalue weighted by Gasteiger charge is 2.07. The Labute approximate surface area is 111 Å². The topological polar surface area (TPSA) is 29.1 Å². The number of amides is 1. The minimum atomic E-state index is -0.312. The summed E-state index contributed by atoms with van der Waals surface area (Å²) in [7, 11) is 0. The summed E-state index contributed by atoms with van der Waals surface area (Å²) in [4.78, 5) is 12.3. The number of thiophene rings is 1. The summed E-state index contributed by atoms with van der Waals surface area (Å²) in [5.74, 6) is -0.454. The highest BCUT2D eigenvalue weighted by atomic mass is 79.9. The van der Waals surface area contributed by atoms with Crippen molar-refractivity contribution < 1.29 is 9.18 Å². The number of hydrogen-bond donors (Lipinski definition) is 1. The highest BCUT2D eigenvalue weighted by molar-refractivity contribution is 9.10. The van der Waals surface area contributed by atoms with Crippen LogP contribution < -0.4 is 5.32 Å². The van der Waals surface area contributed by atoms with Gasteiger partial charge in [-0.25, -0.2) is 4.39 Å². The van der Waals surface area contributed by atoms with E-state index >= 15 is 0 Å². The largest absolute Gasteiger partial charge is 0.347 e. The average Bonchev–Trinajstić information content (AvgIpc) is 2.83. The molecule has 0 aliphatic heterocycles. The Morgan fingerprint density at radius 2 is 2.24 bits per heavy atom. The Balaban J connectivity index is 2.03. The summed E-state index contributed by atoms with van der Waals surface area (Å²) in [6.07, 6.45) is 0. The summed E-state index contributed by atoms with van der Waals surface area (Å²) in [6, 6.07) is 7.97. The SMILES string of the molecule is O=C(NCc1cc(F)ccc1Br)c1cccs1. The first-order chi connectivity index (χ1) is 8.16. The summed E-state index contributed by atoms with van der Waals surface area (Å²) in [6.45, 7) is 0.301. The van der Waals surface area contributed by atoms with Crippen LogP contribution in [0, 0.1) is 5.82 Å². The monoisotopic (exact) mass is 313 g/mol. The van der Waals surface area contributed by atoms with Crippen LogP contribution in [-0.2, 0) is 6.54 Å². The van der Waals surface area contributed by atoms with Gasteiger partial charge in [-0.15, -0.1) is 11.3 Å². The predicted octanol–water partition coefficient (Wildman–Crippen LogP) is 3.58. The third-order valence-electron chi connectivity index (χ3n) is 2.19. The molecule has 2 rings (SSSR count). The van der Waals surface area contributed by atoms with E-state index in [1.165, 1.54) is 23.5 Å². The van der Waals surface area contributed by atoms with Gasteiger partial charge in [-0.1, -0.05) is 22.0 Å². The van der Waals surface area contributed by atoms with Crippen molar-refractivity contribution in [1.82, 2.24) is 5.32 Å². The third-order valence-corrected chi connectivity index (χ3v) is 3.83. The van der Waals surface area contributed by atoms with Crippen LogP contribution in [-0.4, -0.2) is 5.91 Å². The Kier molecular flexibility index (Phi) is 3.91. The van der Waals surface area contributed by atoms with Crippen molar-refractivity contribution in [1.29, 1.82) is 0 Å². The van der Waals surface area contributed by atoms with Crippen molar-refractivity contribution >= 4 is 33.2 Å². The van der Waals surface area contributed by atoms with Gasteiger partial charge in [-0.05, 0) is 35.2 Å². The number of carbonyl (C=O) groups excluding carboxylic acids is 1. The minimum Gasteiger partial charge on any atom is -0.347 e. The molecule has 1 aromatic heterocycles. The Morgan fingerprint density at radius 1 is 1.41 bits per heavy atom. The van der Waals surface area contributed by atoms with E-state index < -0.39 is 0 Å². The molecule has 0 saturated carbocycles. The quantitative estimate of drug-likeness (QED) is 0.922. The zero-order chi connectivity index (χ0) is 12.3. The predicted molar refractivity (Wildman–Crippen MR) is 69.6 cm³/mol. The maximum Gasteiger partial charge on any atom is 0.261 e. The molecule has 1 aromatic carbocycles. The van der Waals surface area contributed by atoms with E-state index in [1.54, 1.807) is 12.1 Å². The van der Waals surface area contributed by atoms with Crippen molar-refractivity contribution in [3.05, 3.63) is 56.4 Å². The van der Waals surface area contributed by atoms with Gasteiger partial charge in [-0.3, -0.25) is 4.79 Å². The molecule has 0 spiro atoms. The summed E-state index contributed by atoms with van der Waals surface area (Å²) in [5.41, 5.74) is 0.718. The van der Waals surface area contributed by atoms with Crippen LogP contribution in [0.5, 0.6) is 0 Å². The number of halogens is 2. The van der Waals surface area contributed by atoms with Crippen LogP contribution >= 0.6 is 27.3 Å². The van der Waals surface area contributed by atoms with Gasteiger partial charge in [0.15, 0.2) is 0 Å². The molecule has 0 fully saturated rings. The van der Waals surface area contributed by atoms with Crippen molar-refractivity contribution in [3.63, 3.8) is 0 Å². The molecule has 0 radical (unpaired) electrons. The first-order valence-electron chi connectivity index (χ1n) is 4.92. The van der Waals surface area contributed by atoms with Crippen LogP contribution in [0.25, 0.3) is 0 Å². The fourth-order valence-electron chi connectivity index (χ4n) is 1.35. The van der Waals surface area contributed by atoms with Crippen molar-refractivity contribution in [2.45, 2.75) is 6.54 Å². The van der Waals surface area contributed by atoms with Crippen LogP contribution in [0.15, 0.2) is 40.2 Å². The summed E-state index contributed by atoms with van der Waals surface area (Å²) in [5, 5.41) is 4.58. The maximum absolute atomic E-state index is 13.0. The van der Waals surface area contributed by atoms with Gasteiger partial charge in [0.05, 0.1) is 4.88 Å². The molecule has 2 aromatic rings. The maximum atomic E-state index is 13.0. The zero-order valence-electron chi connectivity index (χ0n) is 8.74. The standard InChI is InChI=1S/C12H9BrFNOS/c13-10-4-3-9(14)6-8(10)7-15-12(16)11-2-1-5-17-11/h1-6H,7H2,(H,15,16). The van der Waals surface area contributed by atoms with Gasteiger partial charge in [0.2, 0.25) is 0 Å². The van der Waals surface area contributed by atoms with Crippen molar-refractivity contribution in [3.8, 4) is 0 Å². The fourth-order valence-corrected chi connectivity index (χ4v) is 2.38. The van der Waals surface area contributed by atoms with Crippen LogP contribution in [0.4, 0.5) is 4.39 Å². The molecular formula is C12H9BrFNOS. The van der Waals surface area contributed by atoms with Crippen LogP contribution in [0.1, 0.15) is 15.2 Å². The molecule has 2 nitrogen and oxygen atoms in total. The smallest absolute Gasteiger partial charge is 0.261 e. The Morgan fingerprint density at radius 3 is 2.94 bits per heavy atom. The van der Waals surface area contributed by atoms with E-state index in [0.29, 0.717) is 11.4 Å². The molecular weight excluding hydrogens is 305 g/mol. The highest BCUT2D eigenvalue weighted by Crippen LogP contribution is 2.18. The molecule has 1 heterocycles. The molecule has 88 valence electrons. The van der Waals surface area contributed by atoms with Crippen LogP contribution in [0.2, 0.25) is 0 Å². The van der Waals surface area contributed by atoms with Gasteiger partial charge >= 0.3 is 0 Å². The summed E-state index contributed by atoms with van der Waals surface area (Å²) >= 11 is 4.69. The molecule has 0 aliphatic rings. The van der Waals surface area contributed by atoms with Gasteiger partial charge in [0.1, 0.15) is 5.82 Å². The lowest BCUT2D eigenvalue weighted by atomic mass is 10.2. The van der Waals surface area contributed by atoms with Crippen molar-refractivity contribution in [2.75, 3.05) is 0 Å². The fraction of sp³-hybridized carbons (Fsp3) is 0.0833. The molecule has 17 heavy (non-hydrogen) atoms. The lowest BCUT2D eigenvalue weighted by Gasteiger charge is -2.06. The van der Waals surface area contributed by atoms with E-state index in [4.69, 9.17) is 0 Å². The molecule has 0 bridgehead atoms. The van der Waals surface area contributed by atoms with E-state index in [-0.39, 0.29) is 11.7 Å². The lowest BCUT2D eigenvalue weighted by molar-refractivity contribution is 0.0955. The molecule has 0 unspecified atom stereocenters. The van der Waals surface area contributed by atoms with E-state index in [0.717, 1.165) is 10.0 Å². The second kappa shape index (κ2) is 5.42. The number of rotatable bonds is 3. The zero-order valence-corrected chi connectivity index (χ0v) is 11.1. The first kappa shape index (κ1) is 12.3. The van der Waals surface area contributed by atoms with Crippen LogP contribution in [0.3, 0.4) is 0 Å². The van der Waals surface area contributed by atoms with Gasteiger partial charge < -0.3 is 5.32 Å². The number of hydrogen-bond acceptors (Lipinski definition) is 2. The first-order valence-corrected chi connectivity index (χ1v) is 6.60. The summed E-state index contributed by atoms with van der Waals surface area (Å²) < 4.78 is 13.8. The Bertz CT molecular complexity index is 527. The second-order valence-corrected chi connectivity index (χ2v) is 5.20.